The van der Waals surface area contributed by atoms with Crippen molar-refractivity contribution in [3.05, 3.63) is 48.0 Å². The highest BCUT2D eigenvalue weighted by Gasteiger charge is 2.09. The predicted molar refractivity (Wildman–Crippen MR) is 72.3 cm³/mol. The van der Waals surface area contributed by atoms with E-state index in [0.29, 0.717) is 0 Å². The first-order valence-electron chi connectivity index (χ1n) is 4.97. The molecule has 0 unspecified atom stereocenters. The molecule has 0 fully saturated rings. The maximum atomic E-state index is 4.53. The molecule has 1 heterocycles. The molecule has 0 aliphatic carbocycles. The van der Waals surface area contributed by atoms with Gasteiger partial charge in [-0.1, -0.05) is 30.3 Å². The van der Waals surface area contributed by atoms with Crippen LogP contribution in [0.15, 0.2) is 52.9 Å². The van der Waals surface area contributed by atoms with E-state index in [-0.39, 0.29) is 0 Å². The van der Waals surface area contributed by atoms with Crippen LogP contribution in [0.25, 0.3) is 21.3 Å². The number of nitrogens with zero attached hydrogens (tertiary/aromatic N) is 1. The minimum atomic E-state index is 0.980. The van der Waals surface area contributed by atoms with Crippen LogP contribution >= 0.6 is 24.0 Å². The SMILES string of the molecule is Sc1ccc2ccccc2c1-c1nccs1. The first-order chi connectivity index (χ1) is 7.86. The Bertz CT molecular complexity index is 629. The van der Waals surface area contributed by atoms with E-state index < -0.39 is 0 Å². The van der Waals surface area contributed by atoms with Gasteiger partial charge in [-0.15, -0.1) is 24.0 Å². The molecule has 0 N–H and O–H groups in total. The van der Waals surface area contributed by atoms with E-state index in [9.17, 15) is 0 Å². The minimum Gasteiger partial charge on any atom is -0.244 e. The van der Waals surface area contributed by atoms with Gasteiger partial charge in [0.2, 0.25) is 0 Å². The van der Waals surface area contributed by atoms with Crippen molar-refractivity contribution < 1.29 is 0 Å². The Morgan fingerprint density at radius 3 is 2.75 bits per heavy atom. The highest BCUT2D eigenvalue weighted by molar-refractivity contribution is 7.80. The highest BCUT2D eigenvalue weighted by Crippen LogP contribution is 2.34. The van der Waals surface area contributed by atoms with Crippen LogP contribution in [0, 0.1) is 0 Å². The van der Waals surface area contributed by atoms with E-state index >= 15 is 0 Å². The Kier molecular flexibility index (Phi) is 2.42. The van der Waals surface area contributed by atoms with Gasteiger partial charge in [0.25, 0.3) is 0 Å². The molecule has 0 saturated carbocycles. The van der Waals surface area contributed by atoms with Crippen molar-refractivity contribution in [1.82, 2.24) is 4.98 Å². The molecule has 0 radical (unpaired) electrons. The second kappa shape index (κ2) is 3.92. The monoisotopic (exact) mass is 243 g/mol. The van der Waals surface area contributed by atoms with Gasteiger partial charge in [-0.2, -0.15) is 0 Å². The molecule has 1 nitrogen and oxygen atoms in total. The summed E-state index contributed by atoms with van der Waals surface area (Å²) in [6.07, 6.45) is 1.83. The van der Waals surface area contributed by atoms with E-state index in [1.54, 1.807) is 11.3 Å². The average Bonchev–Trinajstić information content (AvgIpc) is 2.82. The van der Waals surface area contributed by atoms with Crippen LogP contribution in [0.5, 0.6) is 0 Å². The molecule has 0 amide bonds. The summed E-state index contributed by atoms with van der Waals surface area (Å²) in [5.74, 6) is 0. The summed E-state index contributed by atoms with van der Waals surface area (Å²) < 4.78 is 0. The van der Waals surface area contributed by atoms with Gasteiger partial charge in [-0.25, -0.2) is 4.98 Å². The van der Waals surface area contributed by atoms with Crippen molar-refractivity contribution in [2.24, 2.45) is 0 Å². The quantitative estimate of drug-likeness (QED) is 0.630. The maximum absolute atomic E-state index is 4.53. The topological polar surface area (TPSA) is 12.9 Å². The van der Waals surface area contributed by atoms with Crippen LogP contribution in [0.3, 0.4) is 0 Å². The van der Waals surface area contributed by atoms with Crippen molar-refractivity contribution in [1.29, 1.82) is 0 Å². The number of rotatable bonds is 1. The van der Waals surface area contributed by atoms with Crippen molar-refractivity contribution in [3.8, 4) is 10.6 Å². The van der Waals surface area contributed by atoms with Crippen molar-refractivity contribution in [2.45, 2.75) is 4.90 Å². The van der Waals surface area contributed by atoms with Crippen molar-refractivity contribution >= 4 is 34.7 Å². The fraction of sp³-hybridized carbons (Fsp3) is 0. The minimum absolute atomic E-state index is 0.980. The molecular weight excluding hydrogens is 234 g/mol. The number of hydrogen-bond donors (Lipinski definition) is 1. The second-order valence-electron chi connectivity index (χ2n) is 3.52. The zero-order chi connectivity index (χ0) is 11.0. The third-order valence-electron chi connectivity index (χ3n) is 2.55. The molecule has 16 heavy (non-hydrogen) atoms. The lowest BCUT2D eigenvalue weighted by molar-refractivity contribution is 1.39. The molecule has 78 valence electrons. The number of hydrogen-bond acceptors (Lipinski definition) is 3. The zero-order valence-electron chi connectivity index (χ0n) is 8.42. The molecule has 2 aromatic carbocycles. The zero-order valence-corrected chi connectivity index (χ0v) is 10.1. The maximum Gasteiger partial charge on any atom is 0.125 e. The Labute approximate surface area is 103 Å². The molecule has 3 rings (SSSR count). The third-order valence-corrected chi connectivity index (χ3v) is 3.72. The van der Waals surface area contributed by atoms with Gasteiger partial charge in [-0.3, -0.25) is 0 Å². The summed E-state index contributed by atoms with van der Waals surface area (Å²) in [5.41, 5.74) is 1.14. The lowest BCUT2D eigenvalue weighted by atomic mass is 10.1. The number of benzene rings is 2. The van der Waals surface area contributed by atoms with Gasteiger partial charge in [0.15, 0.2) is 0 Å². The Hall–Kier alpha value is -1.32. The van der Waals surface area contributed by atoms with Crippen LogP contribution in [0.2, 0.25) is 0 Å². The van der Waals surface area contributed by atoms with E-state index in [4.69, 9.17) is 0 Å². The molecule has 1 aromatic heterocycles. The van der Waals surface area contributed by atoms with Gasteiger partial charge in [-0.05, 0) is 16.8 Å². The number of thiol groups is 1. The lowest BCUT2D eigenvalue weighted by Crippen LogP contribution is -1.82. The largest absolute Gasteiger partial charge is 0.244 e. The standard InChI is InChI=1S/C13H9NS2/c15-11-6-5-9-3-1-2-4-10(9)12(11)13-14-7-8-16-13/h1-8,15H. The summed E-state index contributed by atoms with van der Waals surface area (Å²) in [5, 5.41) is 5.46. The van der Waals surface area contributed by atoms with Gasteiger partial charge in [0.1, 0.15) is 5.01 Å². The van der Waals surface area contributed by atoms with Crippen LogP contribution in [0.4, 0.5) is 0 Å². The fourth-order valence-corrected chi connectivity index (χ4v) is 2.92. The van der Waals surface area contributed by atoms with Gasteiger partial charge >= 0.3 is 0 Å². The molecular formula is C13H9NS2. The molecule has 0 aliphatic rings. The Morgan fingerprint density at radius 1 is 1.06 bits per heavy atom. The average molecular weight is 243 g/mol. The highest BCUT2D eigenvalue weighted by atomic mass is 32.1. The van der Waals surface area contributed by atoms with E-state index in [1.807, 2.05) is 29.8 Å². The fourth-order valence-electron chi connectivity index (χ4n) is 1.83. The summed E-state index contributed by atoms with van der Waals surface area (Å²) in [6.45, 7) is 0. The van der Waals surface area contributed by atoms with Crippen LogP contribution < -0.4 is 0 Å². The van der Waals surface area contributed by atoms with Crippen LogP contribution in [-0.4, -0.2) is 4.98 Å². The molecule has 0 aliphatic heterocycles. The number of fused-ring (bicyclic) bond motifs is 1. The number of aromatic nitrogens is 1. The Morgan fingerprint density at radius 2 is 1.94 bits per heavy atom. The molecule has 3 aromatic rings. The second-order valence-corrected chi connectivity index (χ2v) is 4.89. The Balaban J connectivity index is 2.42. The van der Waals surface area contributed by atoms with E-state index in [2.05, 4.69) is 35.8 Å². The van der Waals surface area contributed by atoms with Gasteiger partial charge in [0.05, 0.1) is 0 Å². The number of thiazole rings is 1. The van der Waals surface area contributed by atoms with Gasteiger partial charge < -0.3 is 0 Å². The van der Waals surface area contributed by atoms with E-state index in [0.717, 1.165) is 15.5 Å². The van der Waals surface area contributed by atoms with E-state index in [1.165, 1.54) is 10.8 Å². The normalized spacial score (nSPS) is 10.8. The molecule has 0 bridgehead atoms. The molecule has 0 saturated heterocycles. The summed E-state index contributed by atoms with van der Waals surface area (Å²) in [6, 6.07) is 12.4. The van der Waals surface area contributed by atoms with Crippen LogP contribution in [-0.2, 0) is 0 Å². The van der Waals surface area contributed by atoms with Crippen molar-refractivity contribution in [3.63, 3.8) is 0 Å². The smallest absolute Gasteiger partial charge is 0.125 e. The third kappa shape index (κ3) is 1.52. The first-order valence-corrected chi connectivity index (χ1v) is 6.29. The van der Waals surface area contributed by atoms with Crippen molar-refractivity contribution in [2.75, 3.05) is 0 Å². The molecule has 3 heteroatoms. The lowest BCUT2D eigenvalue weighted by Gasteiger charge is -2.06. The van der Waals surface area contributed by atoms with Crippen LogP contribution in [0.1, 0.15) is 0 Å². The molecule has 0 atom stereocenters. The summed E-state index contributed by atoms with van der Waals surface area (Å²) in [7, 11) is 0. The predicted octanol–water partition coefficient (Wildman–Crippen LogP) is 4.25. The van der Waals surface area contributed by atoms with Gasteiger partial charge in [0, 0.05) is 22.0 Å². The summed E-state index contributed by atoms with van der Waals surface area (Å²) in [4.78, 5) is 5.35. The first kappa shape index (κ1) is 9.87. The summed E-state index contributed by atoms with van der Waals surface area (Å²) >= 11 is 6.17. The molecule has 0 spiro atoms.